The summed E-state index contributed by atoms with van der Waals surface area (Å²) >= 11 is 0. The number of nitrogens with zero attached hydrogens (tertiary/aromatic N) is 4. The summed E-state index contributed by atoms with van der Waals surface area (Å²) in [5.74, 6) is 2.12. The Bertz CT molecular complexity index is 540. The first-order valence-electron chi connectivity index (χ1n) is 9.05. The van der Waals surface area contributed by atoms with E-state index >= 15 is 0 Å². The second-order valence-electron chi connectivity index (χ2n) is 7.03. The summed E-state index contributed by atoms with van der Waals surface area (Å²) in [7, 11) is 0. The molecule has 1 aromatic rings. The van der Waals surface area contributed by atoms with Gasteiger partial charge in [0.05, 0.1) is 19.1 Å². The summed E-state index contributed by atoms with van der Waals surface area (Å²) in [6.45, 7) is 10.3. The molecule has 0 radical (unpaired) electrons. The zero-order valence-electron chi connectivity index (χ0n) is 14.7. The molecule has 1 atom stereocenters. The maximum Gasteiger partial charge on any atom is 0.231 e. The van der Waals surface area contributed by atoms with E-state index < -0.39 is 0 Å². The number of aromatic nitrogens is 2. The van der Waals surface area contributed by atoms with Gasteiger partial charge in [0.15, 0.2) is 5.82 Å². The van der Waals surface area contributed by atoms with E-state index in [0.717, 1.165) is 58.1 Å². The third kappa shape index (κ3) is 4.33. The molecule has 1 unspecified atom stereocenters. The molecule has 0 N–H and O–H groups in total. The van der Waals surface area contributed by atoms with Crippen LogP contribution in [-0.4, -0.2) is 71.8 Å². The monoisotopic (exact) mass is 336 g/mol. The maximum atomic E-state index is 12.2. The smallest absolute Gasteiger partial charge is 0.231 e. The number of carbonyl (C=O) groups excluding carboxylic acids is 1. The Hall–Kier alpha value is -1.47. The molecule has 0 spiro atoms. The molecule has 2 fully saturated rings. The average molecular weight is 336 g/mol. The van der Waals surface area contributed by atoms with Crippen molar-refractivity contribution in [1.82, 2.24) is 19.9 Å². The molecule has 1 aromatic heterocycles. The summed E-state index contributed by atoms with van der Waals surface area (Å²) in [6, 6.07) is 0. The van der Waals surface area contributed by atoms with Gasteiger partial charge >= 0.3 is 0 Å². The minimum Gasteiger partial charge on any atom is -0.379 e. The highest BCUT2D eigenvalue weighted by Crippen LogP contribution is 2.27. The van der Waals surface area contributed by atoms with Gasteiger partial charge in [0.1, 0.15) is 0 Å². The second kappa shape index (κ2) is 8.07. The van der Waals surface area contributed by atoms with Crippen molar-refractivity contribution >= 4 is 5.91 Å². The molecule has 1 amide bonds. The molecule has 24 heavy (non-hydrogen) atoms. The van der Waals surface area contributed by atoms with Crippen LogP contribution in [0.25, 0.3) is 0 Å². The fraction of sp³-hybridized carbons (Fsp3) is 0.824. The van der Waals surface area contributed by atoms with Crippen molar-refractivity contribution in [3.8, 4) is 0 Å². The fourth-order valence-electron chi connectivity index (χ4n) is 3.29. The van der Waals surface area contributed by atoms with Crippen LogP contribution in [-0.2, 0) is 9.53 Å². The standard InChI is InChI=1S/C17H28N4O3/c1-13(2)16-18-17(24-19-16)14-4-5-15(22)21(12-14)7-3-6-20-8-10-23-11-9-20/h13-14H,3-12H2,1-2H3. The maximum absolute atomic E-state index is 12.2. The van der Waals surface area contributed by atoms with Gasteiger partial charge in [-0.2, -0.15) is 4.98 Å². The lowest BCUT2D eigenvalue weighted by molar-refractivity contribution is -0.134. The average Bonchev–Trinajstić information content (AvgIpc) is 3.08. The van der Waals surface area contributed by atoms with Gasteiger partial charge in [-0.1, -0.05) is 19.0 Å². The van der Waals surface area contributed by atoms with Gasteiger partial charge in [0, 0.05) is 45.1 Å². The Kier molecular flexibility index (Phi) is 5.84. The first kappa shape index (κ1) is 17.4. The first-order chi connectivity index (χ1) is 11.6. The molecule has 0 aliphatic carbocycles. The number of hydrogen-bond acceptors (Lipinski definition) is 6. The molecule has 134 valence electrons. The number of piperidine rings is 1. The highest BCUT2D eigenvalue weighted by Gasteiger charge is 2.30. The zero-order chi connectivity index (χ0) is 16.9. The third-order valence-electron chi connectivity index (χ3n) is 4.83. The number of likely N-dealkylation sites (tertiary alicyclic amines) is 1. The van der Waals surface area contributed by atoms with E-state index in [-0.39, 0.29) is 17.7 Å². The lowest BCUT2D eigenvalue weighted by Gasteiger charge is -2.32. The molecule has 7 heteroatoms. The number of rotatable bonds is 6. The van der Waals surface area contributed by atoms with Crippen molar-refractivity contribution in [1.29, 1.82) is 0 Å². The van der Waals surface area contributed by atoms with E-state index in [4.69, 9.17) is 9.26 Å². The molecular formula is C17H28N4O3. The van der Waals surface area contributed by atoms with Crippen LogP contribution >= 0.6 is 0 Å². The van der Waals surface area contributed by atoms with E-state index in [2.05, 4.69) is 28.9 Å². The predicted molar refractivity (Wildman–Crippen MR) is 88.8 cm³/mol. The molecule has 0 aromatic carbocycles. The summed E-state index contributed by atoms with van der Waals surface area (Å²) in [5.41, 5.74) is 0. The summed E-state index contributed by atoms with van der Waals surface area (Å²) < 4.78 is 10.8. The zero-order valence-corrected chi connectivity index (χ0v) is 14.7. The third-order valence-corrected chi connectivity index (χ3v) is 4.83. The van der Waals surface area contributed by atoms with Crippen molar-refractivity contribution in [3.05, 3.63) is 11.7 Å². The van der Waals surface area contributed by atoms with Gasteiger partial charge in [-0.25, -0.2) is 0 Å². The first-order valence-corrected chi connectivity index (χ1v) is 9.05. The fourth-order valence-corrected chi connectivity index (χ4v) is 3.29. The molecule has 0 saturated carbocycles. The normalized spacial score (nSPS) is 23.2. The summed E-state index contributed by atoms with van der Waals surface area (Å²) in [5, 5.41) is 4.05. The van der Waals surface area contributed by atoms with E-state index in [0.29, 0.717) is 18.9 Å². The van der Waals surface area contributed by atoms with Gasteiger partial charge in [-0.3, -0.25) is 9.69 Å². The van der Waals surface area contributed by atoms with Crippen LogP contribution < -0.4 is 0 Å². The molecular weight excluding hydrogens is 308 g/mol. The van der Waals surface area contributed by atoms with E-state index in [1.807, 2.05) is 4.90 Å². The molecule has 2 aliphatic rings. The van der Waals surface area contributed by atoms with Gasteiger partial charge in [-0.15, -0.1) is 0 Å². The topological polar surface area (TPSA) is 71.7 Å². The molecule has 3 heterocycles. The van der Waals surface area contributed by atoms with Crippen LogP contribution in [0.15, 0.2) is 4.52 Å². The number of amides is 1. The minimum atomic E-state index is 0.172. The highest BCUT2D eigenvalue weighted by atomic mass is 16.5. The Morgan fingerprint density at radius 1 is 1.25 bits per heavy atom. The van der Waals surface area contributed by atoms with Crippen LogP contribution in [0.5, 0.6) is 0 Å². The van der Waals surface area contributed by atoms with Crippen LogP contribution in [0.2, 0.25) is 0 Å². The van der Waals surface area contributed by atoms with Gasteiger partial charge < -0.3 is 14.2 Å². The van der Waals surface area contributed by atoms with Crippen molar-refractivity contribution in [2.75, 3.05) is 45.9 Å². The van der Waals surface area contributed by atoms with Crippen molar-refractivity contribution in [2.24, 2.45) is 0 Å². The van der Waals surface area contributed by atoms with Crippen molar-refractivity contribution in [2.45, 2.75) is 44.9 Å². The second-order valence-corrected chi connectivity index (χ2v) is 7.03. The van der Waals surface area contributed by atoms with E-state index in [1.54, 1.807) is 0 Å². The van der Waals surface area contributed by atoms with Crippen LogP contribution in [0.3, 0.4) is 0 Å². The minimum absolute atomic E-state index is 0.172. The summed E-state index contributed by atoms with van der Waals surface area (Å²) in [4.78, 5) is 21.1. The number of carbonyl (C=O) groups is 1. The van der Waals surface area contributed by atoms with Crippen LogP contribution in [0.1, 0.15) is 56.7 Å². The summed E-state index contributed by atoms with van der Waals surface area (Å²) in [6.07, 6.45) is 2.37. The Morgan fingerprint density at radius 3 is 2.75 bits per heavy atom. The van der Waals surface area contributed by atoms with Gasteiger partial charge in [0.25, 0.3) is 0 Å². The lowest BCUT2D eigenvalue weighted by Crippen LogP contribution is -2.42. The van der Waals surface area contributed by atoms with Gasteiger partial charge in [0.2, 0.25) is 11.8 Å². The SMILES string of the molecule is CC(C)c1noc(C2CCC(=O)N(CCCN3CCOCC3)C2)n1. The predicted octanol–water partition coefficient (Wildman–Crippen LogP) is 1.62. The van der Waals surface area contributed by atoms with E-state index in [1.165, 1.54) is 0 Å². The number of ether oxygens (including phenoxy) is 1. The lowest BCUT2D eigenvalue weighted by atomic mass is 9.97. The van der Waals surface area contributed by atoms with Crippen LogP contribution in [0.4, 0.5) is 0 Å². The molecule has 0 bridgehead atoms. The molecule has 2 saturated heterocycles. The Morgan fingerprint density at radius 2 is 2.04 bits per heavy atom. The van der Waals surface area contributed by atoms with Crippen molar-refractivity contribution in [3.63, 3.8) is 0 Å². The quantitative estimate of drug-likeness (QED) is 0.786. The van der Waals surface area contributed by atoms with Crippen LogP contribution in [0, 0.1) is 0 Å². The highest BCUT2D eigenvalue weighted by molar-refractivity contribution is 5.77. The van der Waals surface area contributed by atoms with E-state index in [9.17, 15) is 4.79 Å². The van der Waals surface area contributed by atoms with Crippen molar-refractivity contribution < 1.29 is 14.1 Å². The molecule has 7 nitrogen and oxygen atoms in total. The van der Waals surface area contributed by atoms with Gasteiger partial charge in [-0.05, 0) is 12.8 Å². The molecule has 3 rings (SSSR count). The Labute approximate surface area is 143 Å². The largest absolute Gasteiger partial charge is 0.379 e. The molecule has 2 aliphatic heterocycles. The number of hydrogen-bond donors (Lipinski definition) is 0. The Balaban J connectivity index is 1.50. The number of morpholine rings is 1.